The second-order valence-electron chi connectivity index (χ2n) is 4.55. The molecule has 0 radical (unpaired) electrons. The maximum absolute atomic E-state index is 12.3. The zero-order chi connectivity index (χ0) is 13.9. The normalized spacial score (nSPS) is 18.0. The molecule has 0 spiro atoms. The summed E-state index contributed by atoms with van der Waals surface area (Å²) >= 11 is 9.24. The van der Waals surface area contributed by atoms with Crippen LogP contribution >= 0.6 is 27.5 Å². The molecule has 1 heterocycles. The van der Waals surface area contributed by atoms with Gasteiger partial charge in [-0.25, -0.2) is 0 Å². The van der Waals surface area contributed by atoms with Crippen LogP contribution in [0.4, 0.5) is 5.69 Å². The smallest absolute Gasteiger partial charge is 0.271 e. The molecule has 19 heavy (non-hydrogen) atoms. The van der Waals surface area contributed by atoms with E-state index in [-0.39, 0.29) is 0 Å². The fraction of sp³-hybridized carbons (Fsp3) is 0.500. The molecule has 1 aliphatic rings. The van der Waals surface area contributed by atoms with Gasteiger partial charge in [-0.15, -0.1) is 0 Å². The summed E-state index contributed by atoms with van der Waals surface area (Å²) in [6.45, 7) is 1.17. The van der Waals surface area contributed by atoms with Crippen LogP contribution < -0.4 is 4.72 Å². The summed E-state index contributed by atoms with van der Waals surface area (Å²) in [7, 11) is -3.48. The summed E-state index contributed by atoms with van der Waals surface area (Å²) in [5.74, 6) is 0. The highest BCUT2D eigenvalue weighted by atomic mass is 79.9. The topological polar surface area (TPSA) is 49.4 Å². The molecule has 1 N–H and O–H groups in total. The van der Waals surface area contributed by atoms with E-state index in [2.05, 4.69) is 20.7 Å². The standard InChI is InChI=1S/C12H16BrClN2O2S/c13-11-6-5-10(9-12(11)14)15-19(17,18)16-7-3-1-2-4-8-16/h5-6,9,15H,1-4,7-8H2. The van der Waals surface area contributed by atoms with Crippen LogP contribution in [0.25, 0.3) is 0 Å². The van der Waals surface area contributed by atoms with Crippen LogP contribution in [0.2, 0.25) is 5.02 Å². The molecule has 0 saturated carbocycles. The number of nitrogens with one attached hydrogen (secondary N) is 1. The molecule has 1 aromatic rings. The quantitative estimate of drug-likeness (QED) is 0.887. The summed E-state index contributed by atoms with van der Waals surface area (Å²) in [5, 5.41) is 0.482. The molecule has 1 aliphatic heterocycles. The van der Waals surface area contributed by atoms with Gasteiger partial charge in [0, 0.05) is 17.6 Å². The Morgan fingerprint density at radius 1 is 1.16 bits per heavy atom. The van der Waals surface area contributed by atoms with Crippen molar-refractivity contribution in [2.24, 2.45) is 0 Å². The van der Waals surface area contributed by atoms with Crippen molar-refractivity contribution < 1.29 is 8.42 Å². The number of hydrogen-bond donors (Lipinski definition) is 1. The Morgan fingerprint density at radius 2 is 1.79 bits per heavy atom. The van der Waals surface area contributed by atoms with Gasteiger partial charge in [0.15, 0.2) is 0 Å². The molecule has 7 heteroatoms. The molecule has 2 rings (SSSR count). The Bertz CT molecular complexity index is 543. The van der Waals surface area contributed by atoms with Crippen molar-refractivity contribution in [3.8, 4) is 0 Å². The highest BCUT2D eigenvalue weighted by Crippen LogP contribution is 2.26. The average Bonchev–Trinajstić information content (AvgIpc) is 2.63. The number of nitrogens with zero attached hydrogens (tertiary/aromatic N) is 1. The third kappa shape index (κ3) is 4.08. The molecule has 0 atom stereocenters. The van der Waals surface area contributed by atoms with Gasteiger partial charge in [-0.1, -0.05) is 24.4 Å². The third-order valence-electron chi connectivity index (χ3n) is 3.07. The Kier molecular flexibility index (Phi) is 5.11. The van der Waals surface area contributed by atoms with E-state index in [4.69, 9.17) is 11.6 Å². The van der Waals surface area contributed by atoms with E-state index < -0.39 is 10.2 Å². The van der Waals surface area contributed by atoms with Crippen molar-refractivity contribution in [1.29, 1.82) is 0 Å². The fourth-order valence-electron chi connectivity index (χ4n) is 2.06. The highest BCUT2D eigenvalue weighted by Gasteiger charge is 2.22. The first-order valence-corrected chi connectivity index (χ1v) is 8.83. The Morgan fingerprint density at radius 3 is 2.37 bits per heavy atom. The van der Waals surface area contributed by atoms with Crippen molar-refractivity contribution in [2.45, 2.75) is 25.7 Å². The lowest BCUT2D eigenvalue weighted by atomic mass is 10.2. The lowest BCUT2D eigenvalue weighted by molar-refractivity contribution is 0.427. The second kappa shape index (κ2) is 6.43. The zero-order valence-electron chi connectivity index (χ0n) is 10.4. The van der Waals surface area contributed by atoms with Crippen LogP contribution in [0.5, 0.6) is 0 Å². The van der Waals surface area contributed by atoms with E-state index in [0.717, 1.165) is 30.2 Å². The van der Waals surface area contributed by atoms with Crippen molar-refractivity contribution >= 4 is 43.4 Å². The van der Waals surface area contributed by atoms with Gasteiger partial charge >= 0.3 is 10.2 Å². The van der Waals surface area contributed by atoms with Gasteiger partial charge in [0.25, 0.3) is 0 Å². The molecule has 1 fully saturated rings. The molecule has 0 unspecified atom stereocenters. The molecule has 1 aromatic carbocycles. The van der Waals surface area contributed by atoms with E-state index in [0.29, 0.717) is 23.8 Å². The lowest BCUT2D eigenvalue weighted by Crippen LogP contribution is -2.36. The third-order valence-corrected chi connectivity index (χ3v) is 5.84. The van der Waals surface area contributed by atoms with Gasteiger partial charge in [-0.3, -0.25) is 4.72 Å². The van der Waals surface area contributed by atoms with E-state index in [9.17, 15) is 8.42 Å². The molecule has 0 bridgehead atoms. The molecule has 1 saturated heterocycles. The summed E-state index contributed by atoms with van der Waals surface area (Å²) < 4.78 is 29.4. The van der Waals surface area contributed by atoms with E-state index >= 15 is 0 Å². The number of halogens is 2. The van der Waals surface area contributed by atoms with Gasteiger partial charge in [0.2, 0.25) is 0 Å². The first-order valence-electron chi connectivity index (χ1n) is 6.22. The van der Waals surface area contributed by atoms with Crippen LogP contribution in [0, 0.1) is 0 Å². The maximum atomic E-state index is 12.3. The summed E-state index contributed by atoms with van der Waals surface area (Å²) in [6.07, 6.45) is 4.02. The highest BCUT2D eigenvalue weighted by molar-refractivity contribution is 9.10. The van der Waals surface area contributed by atoms with Crippen molar-refractivity contribution in [3.05, 3.63) is 27.7 Å². The van der Waals surface area contributed by atoms with Crippen LogP contribution in [-0.2, 0) is 10.2 Å². The van der Waals surface area contributed by atoms with Crippen LogP contribution in [0.1, 0.15) is 25.7 Å². The summed E-state index contributed by atoms with van der Waals surface area (Å²) in [6, 6.07) is 5.01. The van der Waals surface area contributed by atoms with Gasteiger partial charge < -0.3 is 0 Å². The minimum atomic E-state index is -3.48. The molecule has 0 aromatic heterocycles. The first kappa shape index (κ1) is 15.1. The van der Waals surface area contributed by atoms with Crippen molar-refractivity contribution in [1.82, 2.24) is 4.31 Å². The predicted molar refractivity (Wildman–Crippen MR) is 81.7 cm³/mol. The maximum Gasteiger partial charge on any atom is 0.301 e. The fourth-order valence-corrected chi connectivity index (χ4v) is 3.78. The average molecular weight is 368 g/mol. The Labute approximate surface area is 127 Å². The zero-order valence-corrected chi connectivity index (χ0v) is 13.6. The van der Waals surface area contributed by atoms with Crippen molar-refractivity contribution in [2.75, 3.05) is 17.8 Å². The van der Waals surface area contributed by atoms with E-state index in [1.807, 2.05) is 0 Å². The first-order chi connectivity index (χ1) is 8.99. The number of hydrogen-bond acceptors (Lipinski definition) is 2. The Hall–Kier alpha value is -0.300. The number of anilines is 1. The van der Waals surface area contributed by atoms with Crippen LogP contribution in [0.3, 0.4) is 0 Å². The van der Waals surface area contributed by atoms with Gasteiger partial charge in [-0.2, -0.15) is 12.7 Å². The molecule has 0 amide bonds. The SMILES string of the molecule is O=S(=O)(Nc1ccc(Br)c(Cl)c1)N1CCCCCC1. The summed E-state index contributed by atoms with van der Waals surface area (Å²) in [4.78, 5) is 0. The monoisotopic (exact) mass is 366 g/mol. The number of benzene rings is 1. The van der Waals surface area contributed by atoms with Gasteiger partial charge in [0.1, 0.15) is 0 Å². The predicted octanol–water partition coefficient (Wildman–Crippen LogP) is 3.64. The molecule has 0 aliphatic carbocycles. The van der Waals surface area contributed by atoms with Crippen LogP contribution in [-0.4, -0.2) is 25.8 Å². The molecular weight excluding hydrogens is 352 g/mol. The van der Waals surface area contributed by atoms with Gasteiger partial charge in [0.05, 0.1) is 10.7 Å². The van der Waals surface area contributed by atoms with Crippen molar-refractivity contribution in [3.63, 3.8) is 0 Å². The van der Waals surface area contributed by atoms with E-state index in [1.54, 1.807) is 18.2 Å². The second-order valence-corrected chi connectivity index (χ2v) is 7.48. The Balaban J connectivity index is 2.13. The minimum Gasteiger partial charge on any atom is -0.271 e. The minimum absolute atomic E-state index is 0.482. The number of rotatable bonds is 3. The molecule has 106 valence electrons. The summed E-state index contributed by atoms with van der Waals surface area (Å²) in [5.41, 5.74) is 0.484. The molecular formula is C12H16BrClN2O2S. The largest absolute Gasteiger partial charge is 0.301 e. The van der Waals surface area contributed by atoms with E-state index in [1.165, 1.54) is 4.31 Å². The van der Waals surface area contributed by atoms with Crippen LogP contribution in [0.15, 0.2) is 22.7 Å². The van der Waals surface area contributed by atoms with Gasteiger partial charge in [-0.05, 0) is 47.0 Å². The molecule has 4 nitrogen and oxygen atoms in total. The lowest BCUT2D eigenvalue weighted by Gasteiger charge is -2.20.